The summed E-state index contributed by atoms with van der Waals surface area (Å²) >= 11 is 0. The first-order valence-corrected chi connectivity index (χ1v) is 6.21. The van der Waals surface area contributed by atoms with E-state index < -0.39 is 0 Å². The summed E-state index contributed by atoms with van der Waals surface area (Å²) in [5.41, 5.74) is 6.39. The Hall–Kier alpha value is -0.0800. The highest BCUT2D eigenvalue weighted by Crippen LogP contribution is 2.38. The topological polar surface area (TPSA) is 29.3 Å². The van der Waals surface area contributed by atoms with E-state index in [9.17, 15) is 0 Å². The van der Waals surface area contributed by atoms with Gasteiger partial charge in [0.1, 0.15) is 0 Å². The van der Waals surface area contributed by atoms with E-state index in [0.29, 0.717) is 5.54 Å². The zero-order valence-corrected chi connectivity index (χ0v) is 9.47. The molecular weight excluding hydrogens is 172 g/mol. The lowest BCUT2D eigenvalue weighted by molar-refractivity contribution is 0.0991. The Morgan fingerprint density at radius 1 is 1.14 bits per heavy atom. The Kier molecular flexibility index (Phi) is 3.13. The molecule has 2 rings (SSSR count). The van der Waals surface area contributed by atoms with Gasteiger partial charge in [0.05, 0.1) is 0 Å². The van der Waals surface area contributed by atoms with Crippen molar-refractivity contribution in [2.24, 2.45) is 5.73 Å². The molecule has 0 amide bonds. The van der Waals surface area contributed by atoms with Crippen LogP contribution in [-0.4, -0.2) is 30.1 Å². The molecule has 0 atom stereocenters. The largest absolute Gasteiger partial charge is 0.329 e. The second-order valence-corrected chi connectivity index (χ2v) is 5.18. The van der Waals surface area contributed by atoms with E-state index in [1.807, 2.05) is 0 Å². The summed E-state index contributed by atoms with van der Waals surface area (Å²) in [5, 5.41) is 0. The number of nitrogens with zero attached hydrogens (tertiary/aromatic N) is 1. The standard InChI is InChI=1S/C12H24N2/c1-14(11-6-7-11)12(10-13)8-4-2-3-5-9-12/h11H,2-10,13H2,1H3. The Bertz CT molecular complexity index is 179. The summed E-state index contributed by atoms with van der Waals surface area (Å²) in [4.78, 5) is 2.61. The molecule has 0 heterocycles. The van der Waals surface area contributed by atoms with E-state index >= 15 is 0 Å². The van der Waals surface area contributed by atoms with Crippen LogP contribution in [0.15, 0.2) is 0 Å². The molecule has 82 valence electrons. The SMILES string of the molecule is CN(C1CC1)C1(CN)CCCCCC1. The maximum Gasteiger partial charge on any atom is 0.0331 e. The molecule has 0 aliphatic heterocycles. The molecule has 2 saturated carbocycles. The summed E-state index contributed by atoms with van der Waals surface area (Å²) < 4.78 is 0. The Morgan fingerprint density at radius 2 is 1.71 bits per heavy atom. The third kappa shape index (κ3) is 1.96. The van der Waals surface area contributed by atoms with Gasteiger partial charge in [0.2, 0.25) is 0 Å². The predicted octanol–water partition coefficient (Wildman–Crippen LogP) is 2.13. The molecule has 0 bridgehead atoms. The summed E-state index contributed by atoms with van der Waals surface area (Å²) in [6.45, 7) is 0.861. The summed E-state index contributed by atoms with van der Waals surface area (Å²) in [6, 6.07) is 0.858. The first kappa shape index (κ1) is 10.4. The van der Waals surface area contributed by atoms with Crippen LogP contribution < -0.4 is 5.73 Å². The van der Waals surface area contributed by atoms with Crippen LogP contribution >= 0.6 is 0 Å². The van der Waals surface area contributed by atoms with Crippen molar-refractivity contribution in [3.8, 4) is 0 Å². The van der Waals surface area contributed by atoms with E-state index in [4.69, 9.17) is 5.73 Å². The average Bonchev–Trinajstić information content (AvgIpc) is 3.04. The highest BCUT2D eigenvalue weighted by molar-refractivity contribution is 4.98. The van der Waals surface area contributed by atoms with Crippen LogP contribution in [0.5, 0.6) is 0 Å². The van der Waals surface area contributed by atoms with Gasteiger partial charge in [-0.2, -0.15) is 0 Å². The lowest BCUT2D eigenvalue weighted by Gasteiger charge is -2.41. The van der Waals surface area contributed by atoms with Crippen LogP contribution in [0.4, 0.5) is 0 Å². The number of hydrogen-bond acceptors (Lipinski definition) is 2. The third-order valence-electron chi connectivity index (χ3n) is 4.26. The van der Waals surface area contributed by atoms with Crippen LogP contribution in [0.3, 0.4) is 0 Å². The number of rotatable bonds is 3. The zero-order chi connectivity index (χ0) is 10.0. The lowest BCUT2D eigenvalue weighted by Crippen LogP contribution is -2.52. The van der Waals surface area contributed by atoms with E-state index in [1.54, 1.807) is 0 Å². The quantitative estimate of drug-likeness (QED) is 0.701. The zero-order valence-electron chi connectivity index (χ0n) is 9.47. The minimum absolute atomic E-state index is 0.359. The highest BCUT2D eigenvalue weighted by Gasteiger charge is 2.40. The van der Waals surface area contributed by atoms with Gasteiger partial charge in [0, 0.05) is 18.1 Å². The molecule has 0 radical (unpaired) electrons. The average molecular weight is 196 g/mol. The number of likely N-dealkylation sites (N-methyl/N-ethyl adjacent to an activating group) is 1. The van der Waals surface area contributed by atoms with E-state index in [1.165, 1.54) is 51.4 Å². The van der Waals surface area contributed by atoms with Crippen LogP contribution in [-0.2, 0) is 0 Å². The molecule has 0 spiro atoms. The van der Waals surface area contributed by atoms with Crippen LogP contribution in [0.25, 0.3) is 0 Å². The second kappa shape index (κ2) is 4.19. The summed E-state index contributed by atoms with van der Waals surface area (Å²) in [6.07, 6.45) is 11.1. The second-order valence-electron chi connectivity index (χ2n) is 5.18. The molecule has 2 N–H and O–H groups in total. The first-order valence-electron chi connectivity index (χ1n) is 6.21. The van der Waals surface area contributed by atoms with Gasteiger partial charge >= 0.3 is 0 Å². The maximum absolute atomic E-state index is 6.03. The van der Waals surface area contributed by atoms with Gasteiger partial charge in [0.25, 0.3) is 0 Å². The van der Waals surface area contributed by atoms with Crippen molar-refractivity contribution >= 4 is 0 Å². The van der Waals surface area contributed by atoms with Gasteiger partial charge in [-0.25, -0.2) is 0 Å². The molecule has 2 aliphatic carbocycles. The Labute approximate surface area is 87.8 Å². The summed E-state index contributed by atoms with van der Waals surface area (Å²) in [5.74, 6) is 0. The highest BCUT2D eigenvalue weighted by atomic mass is 15.2. The fourth-order valence-corrected chi connectivity index (χ4v) is 2.94. The van der Waals surface area contributed by atoms with Crippen molar-refractivity contribution in [3.63, 3.8) is 0 Å². The van der Waals surface area contributed by atoms with Crippen molar-refractivity contribution < 1.29 is 0 Å². The summed E-state index contributed by atoms with van der Waals surface area (Å²) in [7, 11) is 2.30. The molecule has 0 unspecified atom stereocenters. The number of hydrogen-bond donors (Lipinski definition) is 1. The third-order valence-corrected chi connectivity index (χ3v) is 4.26. The van der Waals surface area contributed by atoms with E-state index in [2.05, 4.69) is 11.9 Å². The van der Waals surface area contributed by atoms with Crippen molar-refractivity contribution in [2.75, 3.05) is 13.6 Å². The van der Waals surface area contributed by atoms with Gasteiger partial charge in [-0.05, 0) is 32.7 Å². The van der Waals surface area contributed by atoms with Crippen LogP contribution in [0, 0.1) is 0 Å². The minimum atomic E-state index is 0.359. The van der Waals surface area contributed by atoms with Crippen molar-refractivity contribution in [3.05, 3.63) is 0 Å². The predicted molar refractivity (Wildman–Crippen MR) is 60.3 cm³/mol. The van der Waals surface area contributed by atoms with Gasteiger partial charge in [-0.1, -0.05) is 25.7 Å². The van der Waals surface area contributed by atoms with Crippen molar-refractivity contribution in [1.29, 1.82) is 0 Å². The maximum atomic E-state index is 6.03. The van der Waals surface area contributed by atoms with Crippen molar-refractivity contribution in [2.45, 2.75) is 62.9 Å². The Morgan fingerprint density at radius 3 is 2.14 bits per heavy atom. The fraction of sp³-hybridized carbons (Fsp3) is 1.00. The molecule has 0 aromatic rings. The van der Waals surface area contributed by atoms with Gasteiger partial charge in [0.15, 0.2) is 0 Å². The molecule has 2 nitrogen and oxygen atoms in total. The van der Waals surface area contributed by atoms with Crippen LogP contribution in [0.2, 0.25) is 0 Å². The van der Waals surface area contributed by atoms with Gasteiger partial charge in [-0.15, -0.1) is 0 Å². The van der Waals surface area contributed by atoms with Gasteiger partial charge in [-0.3, -0.25) is 4.90 Å². The molecule has 0 aromatic heterocycles. The van der Waals surface area contributed by atoms with Gasteiger partial charge < -0.3 is 5.73 Å². The van der Waals surface area contributed by atoms with E-state index in [0.717, 1.165) is 12.6 Å². The van der Waals surface area contributed by atoms with Crippen LogP contribution in [0.1, 0.15) is 51.4 Å². The smallest absolute Gasteiger partial charge is 0.0331 e. The molecule has 0 aromatic carbocycles. The molecule has 0 saturated heterocycles. The number of nitrogens with two attached hydrogens (primary N) is 1. The first-order chi connectivity index (χ1) is 6.78. The van der Waals surface area contributed by atoms with E-state index in [-0.39, 0.29) is 0 Å². The lowest BCUT2D eigenvalue weighted by atomic mass is 9.88. The monoisotopic (exact) mass is 196 g/mol. The molecular formula is C12H24N2. The molecule has 2 aliphatic rings. The molecule has 2 heteroatoms. The Balaban J connectivity index is 2.04. The molecule has 2 fully saturated rings. The molecule has 14 heavy (non-hydrogen) atoms. The minimum Gasteiger partial charge on any atom is -0.329 e. The van der Waals surface area contributed by atoms with Crippen molar-refractivity contribution in [1.82, 2.24) is 4.90 Å². The normalized spacial score (nSPS) is 27.6. The fourth-order valence-electron chi connectivity index (χ4n) is 2.94.